The van der Waals surface area contributed by atoms with Crippen molar-refractivity contribution in [2.45, 2.75) is 38.3 Å². The summed E-state index contributed by atoms with van der Waals surface area (Å²) < 4.78 is 0. The van der Waals surface area contributed by atoms with E-state index in [1.807, 2.05) is 42.3 Å². The Morgan fingerprint density at radius 2 is 2.05 bits per heavy atom. The molecule has 0 bridgehead atoms. The molecule has 110 valence electrons. The zero-order valence-electron chi connectivity index (χ0n) is 12.3. The minimum atomic E-state index is -0.235. The second-order valence-electron chi connectivity index (χ2n) is 5.76. The van der Waals surface area contributed by atoms with Crippen LogP contribution in [0, 0.1) is 0 Å². The molecule has 21 heavy (non-hydrogen) atoms. The van der Waals surface area contributed by atoms with Crippen molar-refractivity contribution in [1.82, 2.24) is 10.2 Å². The number of ketones is 1. The van der Waals surface area contributed by atoms with Crippen molar-refractivity contribution in [2.24, 2.45) is 0 Å². The zero-order chi connectivity index (χ0) is 14.8. The minimum absolute atomic E-state index is 0.00329. The fraction of sp³-hybridized carbons (Fsp3) is 0.412. The first kappa shape index (κ1) is 13.9. The van der Waals surface area contributed by atoms with Gasteiger partial charge in [0.05, 0.1) is 5.70 Å². The molecule has 1 heterocycles. The van der Waals surface area contributed by atoms with Crippen LogP contribution in [-0.2, 0) is 16.1 Å². The molecule has 1 amide bonds. The van der Waals surface area contributed by atoms with Gasteiger partial charge in [0.25, 0.3) is 0 Å². The number of benzene rings is 1. The normalized spacial score (nSPS) is 21.5. The van der Waals surface area contributed by atoms with Gasteiger partial charge in [-0.2, -0.15) is 0 Å². The van der Waals surface area contributed by atoms with E-state index in [2.05, 4.69) is 5.32 Å². The van der Waals surface area contributed by atoms with Gasteiger partial charge in [0, 0.05) is 26.4 Å². The van der Waals surface area contributed by atoms with Crippen LogP contribution in [0.25, 0.3) is 0 Å². The standard InChI is InChI=1S/C17H20N2O2/c1-19-14(10-13-8-5-9-15(20)16(13)19)17(21)18-11-12-6-3-2-4-7-12/h2-4,6-7,14H,5,8-11H2,1H3,(H,18,21). The predicted molar refractivity (Wildman–Crippen MR) is 80.3 cm³/mol. The van der Waals surface area contributed by atoms with Gasteiger partial charge in [0.2, 0.25) is 5.91 Å². The van der Waals surface area contributed by atoms with E-state index in [0.717, 1.165) is 29.7 Å². The fourth-order valence-corrected chi connectivity index (χ4v) is 3.24. The highest BCUT2D eigenvalue weighted by Gasteiger charge is 2.38. The van der Waals surface area contributed by atoms with Crippen LogP contribution in [0.2, 0.25) is 0 Å². The van der Waals surface area contributed by atoms with Gasteiger partial charge in [-0.3, -0.25) is 9.59 Å². The topological polar surface area (TPSA) is 49.4 Å². The Hall–Kier alpha value is -2.10. The Morgan fingerprint density at radius 1 is 1.29 bits per heavy atom. The third kappa shape index (κ3) is 2.71. The van der Waals surface area contributed by atoms with Gasteiger partial charge in [-0.25, -0.2) is 0 Å². The van der Waals surface area contributed by atoms with Crippen molar-refractivity contribution in [1.29, 1.82) is 0 Å². The lowest BCUT2D eigenvalue weighted by atomic mass is 9.95. The van der Waals surface area contributed by atoms with Crippen LogP contribution >= 0.6 is 0 Å². The van der Waals surface area contributed by atoms with Gasteiger partial charge in [0.1, 0.15) is 6.04 Å². The van der Waals surface area contributed by atoms with Crippen LogP contribution in [0.3, 0.4) is 0 Å². The number of hydrogen-bond acceptors (Lipinski definition) is 3. The van der Waals surface area contributed by atoms with Crippen LogP contribution < -0.4 is 5.32 Å². The first-order valence-electron chi connectivity index (χ1n) is 7.46. The molecular formula is C17H20N2O2. The average Bonchev–Trinajstić information content (AvgIpc) is 2.84. The quantitative estimate of drug-likeness (QED) is 0.923. The van der Waals surface area contributed by atoms with Gasteiger partial charge in [0.15, 0.2) is 5.78 Å². The molecule has 0 saturated carbocycles. The van der Waals surface area contributed by atoms with Crippen molar-refractivity contribution in [2.75, 3.05) is 7.05 Å². The van der Waals surface area contributed by atoms with Crippen LogP contribution in [0.1, 0.15) is 31.2 Å². The number of nitrogens with zero attached hydrogens (tertiary/aromatic N) is 1. The summed E-state index contributed by atoms with van der Waals surface area (Å²) in [6, 6.07) is 9.63. The number of rotatable bonds is 3. The van der Waals surface area contributed by atoms with Crippen molar-refractivity contribution < 1.29 is 9.59 Å². The Balaban J connectivity index is 1.63. The molecule has 0 spiro atoms. The molecule has 2 aliphatic rings. The van der Waals surface area contributed by atoms with E-state index in [-0.39, 0.29) is 17.7 Å². The highest BCUT2D eigenvalue weighted by atomic mass is 16.2. The molecule has 0 fully saturated rings. The first-order chi connectivity index (χ1) is 10.2. The summed E-state index contributed by atoms with van der Waals surface area (Å²) in [6.07, 6.45) is 3.18. The number of carbonyl (C=O) groups excluding carboxylic acids is 2. The van der Waals surface area contributed by atoms with Crippen molar-refractivity contribution in [3.8, 4) is 0 Å². The van der Waals surface area contributed by atoms with Crippen LogP contribution in [0.4, 0.5) is 0 Å². The zero-order valence-corrected chi connectivity index (χ0v) is 12.3. The summed E-state index contributed by atoms with van der Waals surface area (Å²) in [5.41, 5.74) is 3.04. The lowest BCUT2D eigenvalue weighted by Crippen LogP contribution is -2.42. The highest BCUT2D eigenvalue weighted by molar-refractivity contribution is 5.98. The first-order valence-corrected chi connectivity index (χ1v) is 7.46. The van der Waals surface area contributed by atoms with Crippen molar-refractivity contribution in [3.05, 3.63) is 47.2 Å². The Morgan fingerprint density at radius 3 is 2.76 bits per heavy atom. The van der Waals surface area contributed by atoms with E-state index in [9.17, 15) is 9.59 Å². The van der Waals surface area contributed by atoms with Gasteiger partial charge in [-0.05, 0) is 24.0 Å². The van der Waals surface area contributed by atoms with Gasteiger partial charge in [-0.1, -0.05) is 30.3 Å². The molecule has 1 atom stereocenters. The minimum Gasteiger partial charge on any atom is -0.360 e. The lowest BCUT2D eigenvalue weighted by Gasteiger charge is -2.24. The molecule has 4 nitrogen and oxygen atoms in total. The van der Waals surface area contributed by atoms with E-state index >= 15 is 0 Å². The molecule has 0 radical (unpaired) electrons. The molecule has 1 aromatic carbocycles. The Labute approximate surface area is 124 Å². The van der Waals surface area contributed by atoms with Crippen LogP contribution in [-0.4, -0.2) is 29.7 Å². The van der Waals surface area contributed by atoms with Gasteiger partial charge >= 0.3 is 0 Å². The van der Waals surface area contributed by atoms with E-state index < -0.39 is 0 Å². The number of carbonyl (C=O) groups is 2. The third-order valence-corrected chi connectivity index (χ3v) is 4.35. The molecule has 0 aromatic heterocycles. The van der Waals surface area contributed by atoms with E-state index in [1.165, 1.54) is 0 Å². The maximum Gasteiger partial charge on any atom is 0.243 e. The highest BCUT2D eigenvalue weighted by Crippen LogP contribution is 2.35. The second-order valence-corrected chi connectivity index (χ2v) is 5.76. The predicted octanol–water partition coefficient (Wildman–Crippen LogP) is 2.01. The molecular weight excluding hydrogens is 264 g/mol. The fourth-order valence-electron chi connectivity index (χ4n) is 3.24. The second kappa shape index (κ2) is 5.72. The van der Waals surface area contributed by atoms with E-state index in [4.69, 9.17) is 0 Å². The summed E-state index contributed by atoms with van der Waals surface area (Å²) in [6.45, 7) is 0.530. The maximum absolute atomic E-state index is 12.4. The molecule has 1 unspecified atom stereocenters. The average molecular weight is 284 g/mol. The smallest absolute Gasteiger partial charge is 0.243 e. The summed E-state index contributed by atoms with van der Waals surface area (Å²) in [5.74, 6) is 0.195. The van der Waals surface area contributed by atoms with Crippen LogP contribution in [0.5, 0.6) is 0 Å². The number of hydrogen-bond donors (Lipinski definition) is 1. The number of amides is 1. The summed E-state index contributed by atoms with van der Waals surface area (Å²) in [4.78, 5) is 26.3. The van der Waals surface area contributed by atoms with E-state index in [0.29, 0.717) is 19.4 Å². The monoisotopic (exact) mass is 284 g/mol. The van der Waals surface area contributed by atoms with E-state index in [1.54, 1.807) is 0 Å². The number of likely N-dealkylation sites (N-methyl/N-ethyl adjacent to an activating group) is 1. The molecule has 1 aliphatic heterocycles. The maximum atomic E-state index is 12.4. The summed E-state index contributed by atoms with van der Waals surface area (Å²) in [5, 5.41) is 2.98. The van der Waals surface area contributed by atoms with Crippen LogP contribution in [0.15, 0.2) is 41.6 Å². The molecule has 1 aliphatic carbocycles. The SMILES string of the molecule is CN1C2=C(CCCC2=O)CC1C(=O)NCc1ccccc1. The summed E-state index contributed by atoms with van der Waals surface area (Å²) in [7, 11) is 1.86. The molecule has 1 aromatic rings. The van der Waals surface area contributed by atoms with Crippen molar-refractivity contribution in [3.63, 3.8) is 0 Å². The lowest BCUT2D eigenvalue weighted by molar-refractivity contribution is -0.125. The van der Waals surface area contributed by atoms with Gasteiger partial charge < -0.3 is 10.2 Å². The molecule has 3 rings (SSSR count). The molecule has 0 saturated heterocycles. The number of allylic oxidation sites excluding steroid dienone is 1. The Kier molecular flexibility index (Phi) is 3.78. The number of nitrogens with one attached hydrogen (secondary N) is 1. The molecule has 1 N–H and O–H groups in total. The van der Waals surface area contributed by atoms with Gasteiger partial charge in [-0.15, -0.1) is 0 Å². The molecule has 4 heteroatoms. The summed E-state index contributed by atoms with van der Waals surface area (Å²) >= 11 is 0. The Bertz CT molecular complexity index is 592. The number of Topliss-reactive ketones (excluding diaryl/α,β-unsaturated/α-hetero) is 1. The largest absolute Gasteiger partial charge is 0.360 e. The third-order valence-electron chi connectivity index (χ3n) is 4.35. The van der Waals surface area contributed by atoms with Crippen molar-refractivity contribution >= 4 is 11.7 Å².